The largest absolute Gasteiger partial charge is 0.453 e. The topological polar surface area (TPSA) is 85.1 Å². The number of hydrogen-bond donors (Lipinski definition) is 0. The molecule has 1 aliphatic heterocycles. The second-order valence-electron chi connectivity index (χ2n) is 10.9. The third-order valence-corrected chi connectivity index (χ3v) is 6.73. The summed E-state index contributed by atoms with van der Waals surface area (Å²) in [6, 6.07) is 1.04. The van der Waals surface area contributed by atoms with Crippen LogP contribution in [-0.4, -0.2) is 58.0 Å². The lowest BCUT2D eigenvalue weighted by molar-refractivity contribution is -0.143. The van der Waals surface area contributed by atoms with E-state index in [0.29, 0.717) is 24.3 Å². The quantitative estimate of drug-likeness (QED) is 0.333. The first-order valence-corrected chi connectivity index (χ1v) is 13.0. The highest BCUT2D eigenvalue weighted by molar-refractivity contribution is 5.70. The molecule has 1 aliphatic rings. The van der Waals surface area contributed by atoms with Crippen LogP contribution in [0.5, 0.6) is 0 Å². The molecule has 0 saturated carbocycles. The van der Waals surface area contributed by atoms with Gasteiger partial charge in [0.05, 0.1) is 24.4 Å². The number of halogens is 6. The predicted octanol–water partition coefficient (Wildman–Crippen LogP) is 7.07. The molecule has 0 aliphatic carbocycles. The first kappa shape index (κ1) is 32.1. The van der Waals surface area contributed by atoms with Crippen molar-refractivity contribution in [1.82, 2.24) is 15.0 Å². The van der Waals surface area contributed by atoms with E-state index < -0.39 is 65.9 Å². The van der Waals surface area contributed by atoms with Gasteiger partial charge in [0.15, 0.2) is 0 Å². The molecule has 1 aromatic carbocycles. The molecule has 1 aromatic heterocycles. The lowest BCUT2D eigenvalue weighted by Gasteiger charge is -2.47. The molecule has 1 fully saturated rings. The van der Waals surface area contributed by atoms with Crippen LogP contribution >= 0.6 is 0 Å². The molecule has 14 heteroatoms. The highest BCUT2D eigenvalue weighted by atomic mass is 19.4. The van der Waals surface area contributed by atoms with Gasteiger partial charge in [-0.25, -0.2) is 9.59 Å². The summed E-state index contributed by atoms with van der Waals surface area (Å²) in [6.45, 7) is 6.39. The maximum Gasteiger partial charge on any atom is 0.416 e. The van der Waals surface area contributed by atoms with Crippen LogP contribution in [0.15, 0.2) is 35.0 Å². The zero-order chi connectivity index (χ0) is 30.8. The molecule has 2 heterocycles. The van der Waals surface area contributed by atoms with Gasteiger partial charge in [0.25, 0.3) is 0 Å². The number of aromatic nitrogens is 1. The number of ether oxygens (including phenoxy) is 2. The Morgan fingerprint density at radius 1 is 1.02 bits per heavy atom. The second kappa shape index (κ2) is 12.2. The number of carbonyl (C=O) groups is 2. The molecule has 228 valence electrons. The number of likely N-dealkylation sites (tertiary alicyclic amines) is 1. The molecule has 0 unspecified atom stereocenters. The van der Waals surface area contributed by atoms with E-state index in [2.05, 4.69) is 5.16 Å². The lowest BCUT2D eigenvalue weighted by atomic mass is 9.87. The Labute approximate surface area is 233 Å². The summed E-state index contributed by atoms with van der Waals surface area (Å²) in [6.07, 6.45) is -9.26. The summed E-state index contributed by atoms with van der Waals surface area (Å²) < 4.78 is 96.7. The molecule has 2 amide bonds. The van der Waals surface area contributed by atoms with Crippen LogP contribution in [0.1, 0.15) is 69.4 Å². The van der Waals surface area contributed by atoms with Crippen molar-refractivity contribution >= 4 is 12.2 Å². The van der Waals surface area contributed by atoms with Gasteiger partial charge >= 0.3 is 24.5 Å². The summed E-state index contributed by atoms with van der Waals surface area (Å²) in [7, 11) is 1.07. The molecule has 0 bridgehead atoms. The van der Waals surface area contributed by atoms with Crippen molar-refractivity contribution in [3.63, 3.8) is 0 Å². The summed E-state index contributed by atoms with van der Waals surface area (Å²) >= 11 is 0. The second-order valence-corrected chi connectivity index (χ2v) is 10.9. The Morgan fingerprint density at radius 3 is 2.07 bits per heavy atom. The number of rotatable bonds is 6. The summed E-state index contributed by atoms with van der Waals surface area (Å²) in [5.74, 6) is 0.441. The number of piperidine rings is 1. The number of methoxy groups -OCH3 is 1. The van der Waals surface area contributed by atoms with Gasteiger partial charge in [0.2, 0.25) is 0 Å². The minimum absolute atomic E-state index is 0.0336. The standard InChI is InChI=1S/C27H33F6N3O5/c1-6-19-12-20(13-21(14-22-7-8-34-41-22)36(19)24(38)40-25(2,3)4)35(23(37)39-5)15-16-9-17(26(28,29)30)11-18(10-16)27(31,32)33/h7-11,19-21H,6,12-15H2,1-5H3/t19-,20+,21-/m1/s1. The van der Waals surface area contributed by atoms with Gasteiger partial charge in [-0.2, -0.15) is 26.3 Å². The van der Waals surface area contributed by atoms with Crippen molar-refractivity contribution in [2.75, 3.05) is 7.11 Å². The fourth-order valence-corrected chi connectivity index (χ4v) is 5.01. The number of hydrogen-bond acceptors (Lipinski definition) is 6. The van der Waals surface area contributed by atoms with Gasteiger partial charge in [-0.15, -0.1) is 0 Å². The Hall–Kier alpha value is -3.45. The number of benzene rings is 1. The number of carbonyl (C=O) groups excluding carboxylic acids is 2. The van der Waals surface area contributed by atoms with Crippen molar-refractivity contribution < 1.29 is 49.9 Å². The van der Waals surface area contributed by atoms with E-state index >= 15 is 0 Å². The molecular weight excluding hydrogens is 560 g/mol. The molecule has 2 aromatic rings. The van der Waals surface area contributed by atoms with E-state index in [4.69, 9.17) is 14.0 Å². The van der Waals surface area contributed by atoms with Crippen molar-refractivity contribution in [2.45, 2.75) is 96.0 Å². The van der Waals surface area contributed by atoms with Crippen molar-refractivity contribution in [2.24, 2.45) is 0 Å². The van der Waals surface area contributed by atoms with E-state index in [1.165, 1.54) is 6.20 Å². The van der Waals surface area contributed by atoms with Crippen LogP contribution < -0.4 is 0 Å². The van der Waals surface area contributed by atoms with Crippen molar-refractivity contribution in [3.05, 3.63) is 52.9 Å². The summed E-state index contributed by atoms with van der Waals surface area (Å²) in [5, 5.41) is 3.69. The zero-order valence-corrected chi connectivity index (χ0v) is 23.3. The van der Waals surface area contributed by atoms with E-state index in [0.717, 1.165) is 12.0 Å². The molecule has 0 radical (unpaired) electrons. The molecule has 3 rings (SSSR count). The first-order chi connectivity index (χ1) is 18.9. The lowest BCUT2D eigenvalue weighted by Crippen LogP contribution is -2.58. The SMILES string of the molecule is CC[C@@H]1C[C@H](N(Cc2cc(C(F)(F)F)cc(C(F)(F)F)c2)C(=O)OC)C[C@H](Cc2ccno2)N1C(=O)OC(C)(C)C. The van der Waals surface area contributed by atoms with Crippen LogP contribution in [0.4, 0.5) is 35.9 Å². The minimum atomic E-state index is -5.04. The fourth-order valence-electron chi connectivity index (χ4n) is 5.01. The van der Waals surface area contributed by atoms with Crippen LogP contribution in [0.25, 0.3) is 0 Å². The van der Waals surface area contributed by atoms with Crippen molar-refractivity contribution in [3.8, 4) is 0 Å². The Bertz CT molecular complexity index is 1160. The van der Waals surface area contributed by atoms with E-state index in [9.17, 15) is 35.9 Å². The van der Waals surface area contributed by atoms with E-state index in [-0.39, 0.29) is 30.9 Å². The molecule has 3 atom stereocenters. The fraction of sp³-hybridized carbons (Fsp3) is 0.593. The molecule has 0 spiro atoms. The highest BCUT2D eigenvalue weighted by Crippen LogP contribution is 2.38. The van der Waals surface area contributed by atoms with Crippen LogP contribution in [0.2, 0.25) is 0 Å². The maximum absolute atomic E-state index is 13.5. The molecule has 41 heavy (non-hydrogen) atoms. The summed E-state index contributed by atoms with van der Waals surface area (Å²) in [4.78, 5) is 28.9. The molecule has 0 N–H and O–H groups in total. The van der Waals surface area contributed by atoms with Gasteiger partial charge in [-0.05, 0) is 63.8 Å². The average molecular weight is 594 g/mol. The van der Waals surface area contributed by atoms with Gasteiger partial charge in [-0.1, -0.05) is 12.1 Å². The van der Waals surface area contributed by atoms with Gasteiger partial charge in [0, 0.05) is 37.2 Å². The molecular formula is C27H33F6N3O5. The monoisotopic (exact) mass is 593 g/mol. The van der Waals surface area contributed by atoms with Gasteiger partial charge < -0.3 is 23.8 Å². The molecule has 8 nitrogen and oxygen atoms in total. The minimum Gasteiger partial charge on any atom is -0.453 e. The first-order valence-electron chi connectivity index (χ1n) is 13.0. The third kappa shape index (κ3) is 8.29. The zero-order valence-electron chi connectivity index (χ0n) is 23.3. The van der Waals surface area contributed by atoms with Crippen LogP contribution in [0, 0.1) is 0 Å². The Balaban J connectivity index is 2.01. The van der Waals surface area contributed by atoms with Crippen LogP contribution in [-0.2, 0) is 34.8 Å². The van der Waals surface area contributed by atoms with Crippen LogP contribution in [0.3, 0.4) is 0 Å². The molecule has 1 saturated heterocycles. The Kier molecular flexibility index (Phi) is 9.54. The van der Waals surface area contributed by atoms with Gasteiger partial charge in [-0.3, -0.25) is 0 Å². The van der Waals surface area contributed by atoms with Gasteiger partial charge in [0.1, 0.15) is 11.4 Å². The normalized spacial score (nSPS) is 20.1. The van der Waals surface area contributed by atoms with E-state index in [1.54, 1.807) is 31.7 Å². The average Bonchev–Trinajstić information content (AvgIpc) is 3.37. The highest BCUT2D eigenvalue weighted by Gasteiger charge is 2.44. The Morgan fingerprint density at radius 2 is 1.61 bits per heavy atom. The summed E-state index contributed by atoms with van der Waals surface area (Å²) in [5.41, 5.74) is -4.14. The number of nitrogens with zero attached hydrogens (tertiary/aromatic N) is 3. The van der Waals surface area contributed by atoms with E-state index in [1.807, 2.05) is 6.92 Å². The number of amides is 2. The number of alkyl halides is 6. The maximum atomic E-state index is 13.5. The van der Waals surface area contributed by atoms with Crippen molar-refractivity contribution in [1.29, 1.82) is 0 Å². The predicted molar refractivity (Wildman–Crippen MR) is 134 cm³/mol. The smallest absolute Gasteiger partial charge is 0.416 e. The third-order valence-electron chi connectivity index (χ3n) is 6.73.